The Morgan fingerprint density at radius 3 is 2.22 bits per heavy atom. The van der Waals surface area contributed by atoms with Crippen molar-refractivity contribution < 1.29 is 50.0 Å². The second kappa shape index (κ2) is 10.2. The maximum Gasteiger partial charge on any atom is 0.229 e. The molecule has 1 aliphatic heterocycles. The molecular weight excluding hydrogens is 364 g/mol. The number of ether oxygens (including phenoxy) is 3. The van der Waals surface area contributed by atoms with Crippen LogP contribution in [0, 0.1) is 0 Å². The Labute approximate surface area is 155 Å². The van der Waals surface area contributed by atoms with Crippen molar-refractivity contribution >= 4 is 0 Å². The molecule has 10 nitrogen and oxygen atoms in total. The summed E-state index contributed by atoms with van der Waals surface area (Å²) in [6, 6.07) is 4.67. The van der Waals surface area contributed by atoms with Crippen LogP contribution in [-0.2, 0) is 11.2 Å². The van der Waals surface area contributed by atoms with Gasteiger partial charge < -0.3 is 50.0 Å². The molecule has 7 N–H and O–H groups in total. The molecule has 1 aliphatic rings. The number of hydrogen-bond donors (Lipinski definition) is 7. The van der Waals surface area contributed by atoms with Crippen molar-refractivity contribution in [3.63, 3.8) is 0 Å². The number of rotatable bonds is 9. The number of benzene rings is 1. The SMILES string of the molecule is OCCc1ccc(OC(CO)CO)c(OC2OC(CO)C(O)C(O)C2O)c1. The van der Waals surface area contributed by atoms with Crippen LogP contribution >= 0.6 is 0 Å². The van der Waals surface area contributed by atoms with E-state index in [-0.39, 0.29) is 18.1 Å². The van der Waals surface area contributed by atoms with Crippen LogP contribution in [0.15, 0.2) is 18.2 Å². The quantitative estimate of drug-likeness (QED) is 0.233. The topological polar surface area (TPSA) is 169 Å². The minimum absolute atomic E-state index is 0.0668. The third-order valence-electron chi connectivity index (χ3n) is 4.20. The van der Waals surface area contributed by atoms with Crippen molar-refractivity contribution in [2.24, 2.45) is 0 Å². The Balaban J connectivity index is 2.26. The van der Waals surface area contributed by atoms with E-state index < -0.39 is 56.6 Å². The zero-order chi connectivity index (χ0) is 20.0. The summed E-state index contributed by atoms with van der Waals surface area (Å²) in [6.07, 6.45) is -7.89. The molecular formula is C17H26O10. The predicted octanol–water partition coefficient (Wildman–Crippen LogP) is -2.87. The van der Waals surface area contributed by atoms with Crippen molar-refractivity contribution in [2.45, 2.75) is 43.2 Å². The van der Waals surface area contributed by atoms with Crippen molar-refractivity contribution in [2.75, 3.05) is 26.4 Å². The summed E-state index contributed by atoms with van der Waals surface area (Å²) in [4.78, 5) is 0. The van der Waals surface area contributed by atoms with Gasteiger partial charge in [0.05, 0.1) is 19.8 Å². The van der Waals surface area contributed by atoms with Gasteiger partial charge in [-0.05, 0) is 24.1 Å². The summed E-state index contributed by atoms with van der Waals surface area (Å²) < 4.78 is 16.4. The number of aliphatic hydroxyl groups excluding tert-OH is 7. The molecule has 5 atom stereocenters. The van der Waals surface area contributed by atoms with Crippen molar-refractivity contribution in [1.82, 2.24) is 0 Å². The minimum atomic E-state index is -1.61. The fourth-order valence-corrected chi connectivity index (χ4v) is 2.63. The standard InChI is InChI=1S/C17H26O10/c18-4-3-9-1-2-11(25-10(6-19)7-20)12(5-9)26-17-16(24)15(23)14(22)13(8-21)27-17/h1-2,5,10,13-24H,3-4,6-8H2. The molecule has 1 aromatic carbocycles. The predicted molar refractivity (Wildman–Crippen MR) is 90.2 cm³/mol. The average Bonchev–Trinajstić information content (AvgIpc) is 2.68. The van der Waals surface area contributed by atoms with Crippen LogP contribution in [0.1, 0.15) is 5.56 Å². The lowest BCUT2D eigenvalue weighted by atomic mass is 9.99. The highest BCUT2D eigenvalue weighted by Crippen LogP contribution is 2.33. The van der Waals surface area contributed by atoms with Gasteiger partial charge >= 0.3 is 0 Å². The first-order valence-electron chi connectivity index (χ1n) is 8.54. The first-order chi connectivity index (χ1) is 12.9. The van der Waals surface area contributed by atoms with Gasteiger partial charge in [0.1, 0.15) is 30.5 Å². The fraction of sp³-hybridized carbons (Fsp3) is 0.647. The maximum atomic E-state index is 10.1. The molecule has 1 fully saturated rings. The smallest absolute Gasteiger partial charge is 0.229 e. The Bertz CT molecular complexity index is 577. The molecule has 1 heterocycles. The Morgan fingerprint density at radius 1 is 0.926 bits per heavy atom. The zero-order valence-corrected chi connectivity index (χ0v) is 14.6. The van der Waals surface area contributed by atoms with Crippen molar-refractivity contribution in [3.05, 3.63) is 23.8 Å². The normalized spacial score (nSPS) is 28.4. The average molecular weight is 390 g/mol. The third kappa shape index (κ3) is 5.27. The molecule has 0 bridgehead atoms. The van der Waals surface area contributed by atoms with Gasteiger partial charge in [-0.15, -0.1) is 0 Å². The van der Waals surface area contributed by atoms with E-state index in [0.29, 0.717) is 12.0 Å². The lowest BCUT2D eigenvalue weighted by molar-refractivity contribution is -0.277. The van der Waals surface area contributed by atoms with E-state index in [1.54, 1.807) is 6.07 Å². The first-order valence-corrected chi connectivity index (χ1v) is 8.54. The molecule has 27 heavy (non-hydrogen) atoms. The summed E-state index contributed by atoms with van der Waals surface area (Å²) in [6.45, 7) is -1.62. The summed E-state index contributed by atoms with van der Waals surface area (Å²) in [7, 11) is 0. The second-order valence-corrected chi connectivity index (χ2v) is 6.17. The zero-order valence-electron chi connectivity index (χ0n) is 14.6. The fourth-order valence-electron chi connectivity index (χ4n) is 2.63. The monoisotopic (exact) mass is 390 g/mol. The van der Waals surface area contributed by atoms with Gasteiger partial charge in [0, 0.05) is 6.61 Å². The molecule has 0 aromatic heterocycles. The Kier molecular flexibility index (Phi) is 8.20. The van der Waals surface area contributed by atoms with Gasteiger partial charge in [-0.3, -0.25) is 0 Å². The molecule has 10 heteroatoms. The molecule has 0 radical (unpaired) electrons. The summed E-state index contributed by atoms with van der Waals surface area (Å²) in [5, 5.41) is 66.6. The highest BCUT2D eigenvalue weighted by Gasteiger charge is 2.45. The molecule has 0 saturated carbocycles. The Morgan fingerprint density at radius 2 is 1.63 bits per heavy atom. The van der Waals surface area contributed by atoms with Crippen LogP contribution in [0.2, 0.25) is 0 Å². The molecule has 1 saturated heterocycles. The molecule has 2 rings (SSSR count). The van der Waals surface area contributed by atoms with Gasteiger partial charge in [-0.25, -0.2) is 0 Å². The van der Waals surface area contributed by atoms with E-state index in [1.807, 2.05) is 0 Å². The lowest BCUT2D eigenvalue weighted by Crippen LogP contribution is -2.60. The molecule has 1 aromatic rings. The van der Waals surface area contributed by atoms with E-state index in [0.717, 1.165) is 0 Å². The van der Waals surface area contributed by atoms with E-state index in [9.17, 15) is 30.6 Å². The molecule has 0 spiro atoms. The van der Waals surface area contributed by atoms with Gasteiger partial charge in [-0.1, -0.05) is 6.07 Å². The largest absolute Gasteiger partial charge is 0.482 e. The van der Waals surface area contributed by atoms with Crippen molar-refractivity contribution in [3.8, 4) is 11.5 Å². The maximum absolute atomic E-state index is 10.1. The van der Waals surface area contributed by atoms with Gasteiger partial charge in [-0.2, -0.15) is 0 Å². The first kappa shape index (κ1) is 21.8. The molecule has 154 valence electrons. The van der Waals surface area contributed by atoms with Crippen LogP contribution in [-0.4, -0.2) is 99.0 Å². The lowest BCUT2D eigenvalue weighted by Gasteiger charge is -2.39. The third-order valence-corrected chi connectivity index (χ3v) is 4.20. The van der Waals surface area contributed by atoms with Crippen LogP contribution in [0.5, 0.6) is 11.5 Å². The van der Waals surface area contributed by atoms with Gasteiger partial charge in [0.2, 0.25) is 6.29 Å². The highest BCUT2D eigenvalue weighted by molar-refractivity contribution is 5.43. The van der Waals surface area contributed by atoms with E-state index in [2.05, 4.69) is 0 Å². The van der Waals surface area contributed by atoms with Crippen LogP contribution < -0.4 is 9.47 Å². The molecule has 0 aliphatic carbocycles. The van der Waals surface area contributed by atoms with Crippen LogP contribution in [0.3, 0.4) is 0 Å². The van der Waals surface area contributed by atoms with Crippen LogP contribution in [0.4, 0.5) is 0 Å². The molecule has 5 unspecified atom stereocenters. The summed E-state index contributed by atoms with van der Waals surface area (Å²) in [5.41, 5.74) is 0.675. The molecule has 0 amide bonds. The van der Waals surface area contributed by atoms with Crippen LogP contribution in [0.25, 0.3) is 0 Å². The summed E-state index contributed by atoms with van der Waals surface area (Å²) >= 11 is 0. The van der Waals surface area contributed by atoms with E-state index >= 15 is 0 Å². The van der Waals surface area contributed by atoms with Crippen molar-refractivity contribution in [1.29, 1.82) is 0 Å². The number of hydrogen-bond acceptors (Lipinski definition) is 10. The highest BCUT2D eigenvalue weighted by atomic mass is 16.7. The van der Waals surface area contributed by atoms with E-state index in [4.69, 9.17) is 19.3 Å². The number of aliphatic hydroxyl groups is 7. The second-order valence-electron chi connectivity index (χ2n) is 6.17. The summed E-state index contributed by atoms with van der Waals surface area (Å²) in [5.74, 6) is 0.193. The Hall–Kier alpha value is -1.50. The minimum Gasteiger partial charge on any atom is -0.482 e. The van der Waals surface area contributed by atoms with E-state index in [1.165, 1.54) is 12.1 Å². The van der Waals surface area contributed by atoms with Gasteiger partial charge in [0.15, 0.2) is 11.5 Å². The van der Waals surface area contributed by atoms with Gasteiger partial charge in [0.25, 0.3) is 0 Å².